The predicted octanol–water partition coefficient (Wildman–Crippen LogP) is 2.99. The number of carbonyl (C=O) groups is 1. The van der Waals surface area contributed by atoms with Gasteiger partial charge < -0.3 is 10.1 Å². The Balaban J connectivity index is 1.39. The number of hydrogen-bond donors (Lipinski definition) is 2. The van der Waals surface area contributed by atoms with Crippen molar-refractivity contribution in [3.8, 4) is 5.75 Å². The predicted molar refractivity (Wildman–Crippen MR) is 93.0 cm³/mol. The smallest absolute Gasteiger partial charge is 0.230 e. The number of aromatic nitrogens is 3. The van der Waals surface area contributed by atoms with Gasteiger partial charge >= 0.3 is 0 Å². The Morgan fingerprint density at radius 1 is 1.27 bits per heavy atom. The number of aromatic amines is 1. The molecule has 1 heterocycles. The van der Waals surface area contributed by atoms with Gasteiger partial charge in [0, 0.05) is 24.2 Å². The highest BCUT2D eigenvalue weighted by molar-refractivity contribution is 7.99. The summed E-state index contributed by atoms with van der Waals surface area (Å²) >= 11 is 1.28. The monoisotopic (exact) mass is 382 g/mol. The van der Waals surface area contributed by atoms with Crippen LogP contribution in [0.25, 0.3) is 0 Å². The van der Waals surface area contributed by atoms with E-state index in [9.17, 15) is 13.6 Å². The number of aryl methyl sites for hydroxylation is 1. The number of H-pyrrole nitrogens is 1. The van der Waals surface area contributed by atoms with E-state index in [1.54, 1.807) is 6.92 Å². The van der Waals surface area contributed by atoms with Crippen LogP contribution in [0.2, 0.25) is 0 Å². The van der Waals surface area contributed by atoms with E-state index in [4.69, 9.17) is 4.74 Å². The normalized spacial score (nSPS) is 20.0. The van der Waals surface area contributed by atoms with Crippen LogP contribution in [0, 0.1) is 18.6 Å². The van der Waals surface area contributed by atoms with Crippen molar-refractivity contribution in [2.75, 3.05) is 5.75 Å². The molecule has 1 amide bonds. The van der Waals surface area contributed by atoms with E-state index in [0.717, 1.165) is 31.7 Å². The van der Waals surface area contributed by atoms with E-state index in [1.165, 1.54) is 23.9 Å². The lowest BCUT2D eigenvalue weighted by atomic mass is 9.93. The Morgan fingerprint density at radius 3 is 2.58 bits per heavy atom. The number of amides is 1. The minimum atomic E-state index is -0.653. The Labute approximate surface area is 154 Å². The summed E-state index contributed by atoms with van der Waals surface area (Å²) in [5.74, 6) is -0.192. The zero-order valence-corrected chi connectivity index (χ0v) is 15.1. The first-order valence-electron chi connectivity index (χ1n) is 8.42. The fourth-order valence-electron chi connectivity index (χ4n) is 2.90. The fraction of sp³-hybridized carbons (Fsp3) is 0.471. The summed E-state index contributed by atoms with van der Waals surface area (Å²) in [5, 5.41) is 10.3. The highest BCUT2D eigenvalue weighted by atomic mass is 32.2. The quantitative estimate of drug-likeness (QED) is 0.751. The van der Waals surface area contributed by atoms with E-state index >= 15 is 0 Å². The van der Waals surface area contributed by atoms with Crippen molar-refractivity contribution >= 4 is 17.7 Å². The highest BCUT2D eigenvalue weighted by Crippen LogP contribution is 2.25. The number of ether oxygens (including phenoxy) is 1. The van der Waals surface area contributed by atoms with Crippen LogP contribution in [0.5, 0.6) is 5.75 Å². The molecule has 0 spiro atoms. The van der Waals surface area contributed by atoms with Crippen molar-refractivity contribution in [1.82, 2.24) is 20.5 Å². The summed E-state index contributed by atoms with van der Waals surface area (Å²) in [7, 11) is 0. The molecule has 2 N–H and O–H groups in total. The van der Waals surface area contributed by atoms with Crippen molar-refractivity contribution in [2.24, 2.45) is 0 Å². The molecule has 1 aromatic carbocycles. The van der Waals surface area contributed by atoms with Crippen LogP contribution in [0.3, 0.4) is 0 Å². The molecule has 0 aliphatic heterocycles. The molecule has 1 aliphatic rings. The summed E-state index contributed by atoms with van der Waals surface area (Å²) < 4.78 is 32.1. The molecule has 9 heteroatoms. The van der Waals surface area contributed by atoms with Crippen molar-refractivity contribution in [2.45, 2.75) is 49.9 Å². The zero-order valence-electron chi connectivity index (χ0n) is 14.3. The third-order valence-electron chi connectivity index (χ3n) is 4.09. The lowest BCUT2D eigenvalue weighted by molar-refractivity contribution is -0.119. The van der Waals surface area contributed by atoms with Gasteiger partial charge in [-0.1, -0.05) is 11.8 Å². The summed E-state index contributed by atoms with van der Waals surface area (Å²) in [4.78, 5) is 16.2. The van der Waals surface area contributed by atoms with Gasteiger partial charge in [-0.3, -0.25) is 9.89 Å². The molecule has 140 valence electrons. The van der Waals surface area contributed by atoms with Gasteiger partial charge in [-0.15, -0.1) is 5.10 Å². The van der Waals surface area contributed by atoms with Crippen LogP contribution >= 0.6 is 11.8 Å². The second-order valence-corrected chi connectivity index (χ2v) is 7.20. The minimum absolute atomic E-state index is 0.0611. The number of nitrogens with zero attached hydrogens (tertiary/aromatic N) is 2. The second-order valence-electron chi connectivity index (χ2n) is 6.26. The Bertz CT molecular complexity index is 743. The van der Waals surface area contributed by atoms with Crippen LogP contribution in [0.4, 0.5) is 8.78 Å². The third-order valence-corrected chi connectivity index (χ3v) is 4.93. The van der Waals surface area contributed by atoms with Gasteiger partial charge in [-0.25, -0.2) is 13.8 Å². The Hall–Kier alpha value is -2.16. The number of carbonyl (C=O) groups excluding carboxylic acids is 1. The van der Waals surface area contributed by atoms with Gasteiger partial charge in [-0.2, -0.15) is 0 Å². The highest BCUT2D eigenvalue weighted by Gasteiger charge is 2.24. The molecular weight excluding hydrogens is 362 g/mol. The fourth-order valence-corrected chi connectivity index (χ4v) is 3.56. The van der Waals surface area contributed by atoms with Crippen molar-refractivity contribution in [1.29, 1.82) is 0 Å². The Morgan fingerprint density at radius 2 is 1.96 bits per heavy atom. The molecule has 1 aromatic heterocycles. The van der Waals surface area contributed by atoms with Gasteiger partial charge in [0.2, 0.25) is 11.1 Å². The Kier molecular flexibility index (Phi) is 6.08. The number of nitrogens with one attached hydrogen (secondary N) is 2. The maximum atomic E-state index is 13.2. The summed E-state index contributed by atoms with van der Waals surface area (Å²) in [6.45, 7) is 1.80. The van der Waals surface area contributed by atoms with Gasteiger partial charge in [-0.05, 0) is 32.6 Å². The van der Waals surface area contributed by atoms with Gasteiger partial charge in [0.05, 0.1) is 11.9 Å². The maximum absolute atomic E-state index is 13.2. The largest absolute Gasteiger partial charge is 0.490 e. The van der Waals surface area contributed by atoms with Gasteiger partial charge in [0.1, 0.15) is 23.2 Å². The third kappa shape index (κ3) is 5.42. The maximum Gasteiger partial charge on any atom is 0.230 e. The molecule has 6 nitrogen and oxygen atoms in total. The van der Waals surface area contributed by atoms with Crippen LogP contribution in [0.1, 0.15) is 31.5 Å². The molecule has 2 aromatic rings. The lowest BCUT2D eigenvalue weighted by Gasteiger charge is -2.29. The number of hydrogen-bond acceptors (Lipinski definition) is 5. The number of halogens is 2. The average molecular weight is 382 g/mol. The molecule has 0 unspecified atom stereocenters. The van der Waals surface area contributed by atoms with Gasteiger partial charge in [0.25, 0.3) is 0 Å². The van der Waals surface area contributed by atoms with Crippen molar-refractivity contribution in [3.05, 3.63) is 35.7 Å². The SMILES string of the molecule is Cc1nc(SCC(=O)NC2CCC(Oc3cc(F)cc(F)c3)CC2)n[nH]1. The van der Waals surface area contributed by atoms with E-state index in [2.05, 4.69) is 20.5 Å². The molecule has 0 atom stereocenters. The molecule has 26 heavy (non-hydrogen) atoms. The topological polar surface area (TPSA) is 79.9 Å². The molecular formula is C17H20F2N4O2S. The van der Waals surface area contributed by atoms with Crippen LogP contribution in [0.15, 0.2) is 23.4 Å². The van der Waals surface area contributed by atoms with Crippen molar-refractivity contribution < 1.29 is 18.3 Å². The van der Waals surface area contributed by atoms with E-state index in [0.29, 0.717) is 11.0 Å². The molecule has 3 rings (SSSR count). The first-order chi connectivity index (χ1) is 12.5. The minimum Gasteiger partial charge on any atom is -0.490 e. The molecule has 1 fully saturated rings. The van der Waals surface area contributed by atoms with E-state index in [1.807, 2.05) is 0 Å². The molecule has 0 saturated heterocycles. The zero-order chi connectivity index (χ0) is 18.5. The first kappa shape index (κ1) is 18.6. The van der Waals surface area contributed by atoms with Crippen LogP contribution in [-0.2, 0) is 4.79 Å². The second kappa shape index (κ2) is 8.48. The molecule has 1 saturated carbocycles. The number of benzene rings is 1. The first-order valence-corrected chi connectivity index (χ1v) is 9.40. The summed E-state index contributed by atoms with van der Waals surface area (Å²) in [6.07, 6.45) is 2.86. The molecule has 0 bridgehead atoms. The van der Waals surface area contributed by atoms with E-state index < -0.39 is 11.6 Å². The van der Waals surface area contributed by atoms with Crippen LogP contribution < -0.4 is 10.1 Å². The van der Waals surface area contributed by atoms with Crippen LogP contribution in [-0.4, -0.2) is 39.0 Å². The van der Waals surface area contributed by atoms with E-state index in [-0.39, 0.29) is 29.6 Å². The summed E-state index contributed by atoms with van der Waals surface area (Å²) in [5.41, 5.74) is 0. The average Bonchev–Trinajstić information content (AvgIpc) is 2.99. The van der Waals surface area contributed by atoms with Crippen molar-refractivity contribution in [3.63, 3.8) is 0 Å². The number of thioether (sulfide) groups is 1. The lowest BCUT2D eigenvalue weighted by Crippen LogP contribution is -2.40. The van der Waals surface area contributed by atoms with Gasteiger partial charge in [0.15, 0.2) is 0 Å². The molecule has 1 aliphatic carbocycles. The summed E-state index contributed by atoms with van der Waals surface area (Å²) in [6, 6.07) is 3.26. The number of rotatable bonds is 6. The standard InChI is InChI=1S/C17H20F2N4O2S/c1-10-20-17(23-22-10)26-9-16(24)21-13-2-4-14(5-3-13)25-15-7-11(18)6-12(19)8-15/h6-8,13-14H,2-5,9H2,1H3,(H,21,24)(H,20,22,23). The molecule has 0 radical (unpaired) electrons.